The van der Waals surface area contributed by atoms with Crippen molar-refractivity contribution in [1.82, 2.24) is 20.1 Å². The van der Waals surface area contributed by atoms with Gasteiger partial charge in [0.05, 0.1) is 0 Å². The van der Waals surface area contributed by atoms with Gasteiger partial charge in [0, 0.05) is 19.5 Å². The molecule has 0 aliphatic rings. The van der Waals surface area contributed by atoms with E-state index >= 15 is 0 Å². The van der Waals surface area contributed by atoms with Gasteiger partial charge in [0.1, 0.15) is 11.6 Å². The number of rotatable bonds is 10. The third-order valence-corrected chi connectivity index (χ3v) is 4.48. The summed E-state index contributed by atoms with van der Waals surface area (Å²) in [6.45, 7) is 7.92. The van der Waals surface area contributed by atoms with Crippen LogP contribution in [0.5, 0.6) is 5.75 Å². The lowest BCUT2D eigenvalue weighted by Crippen LogP contribution is -2.30. The molecule has 0 unspecified atom stereocenters. The zero-order chi connectivity index (χ0) is 18.9. The van der Waals surface area contributed by atoms with Gasteiger partial charge in [-0.2, -0.15) is 0 Å². The van der Waals surface area contributed by atoms with Crippen molar-refractivity contribution in [1.29, 1.82) is 0 Å². The molecule has 1 aromatic carbocycles. The third kappa shape index (κ3) is 6.37. The summed E-state index contributed by atoms with van der Waals surface area (Å²) >= 11 is 1.61. The van der Waals surface area contributed by atoms with Crippen LogP contribution < -0.4 is 10.1 Å². The molecule has 6 nitrogen and oxygen atoms in total. The van der Waals surface area contributed by atoms with Gasteiger partial charge < -0.3 is 14.6 Å². The first-order valence-corrected chi connectivity index (χ1v) is 10.1. The number of ether oxygens (including phenoxy) is 1. The molecule has 2 rings (SSSR count). The van der Waals surface area contributed by atoms with Crippen LogP contribution in [-0.2, 0) is 17.8 Å². The highest BCUT2D eigenvalue weighted by atomic mass is 32.2. The van der Waals surface area contributed by atoms with Crippen molar-refractivity contribution in [2.75, 3.05) is 19.4 Å². The molecule has 142 valence electrons. The van der Waals surface area contributed by atoms with Crippen LogP contribution in [-0.4, -0.2) is 40.1 Å². The molecule has 0 bridgehead atoms. The Morgan fingerprint density at radius 2 is 2.00 bits per heavy atom. The molecule has 0 fully saturated rings. The molecular formula is C19H28N4O2S. The highest BCUT2D eigenvalue weighted by Crippen LogP contribution is 2.16. The van der Waals surface area contributed by atoms with Gasteiger partial charge in [-0.05, 0) is 37.7 Å². The lowest BCUT2D eigenvalue weighted by atomic mass is 10.2. The summed E-state index contributed by atoms with van der Waals surface area (Å²) in [5.74, 6) is 2.11. The van der Waals surface area contributed by atoms with E-state index in [-0.39, 0.29) is 12.5 Å². The van der Waals surface area contributed by atoms with Gasteiger partial charge in [-0.3, -0.25) is 4.79 Å². The molecule has 0 atom stereocenters. The Labute approximate surface area is 159 Å². The number of nitrogens with zero attached hydrogens (tertiary/aromatic N) is 3. The minimum absolute atomic E-state index is 0.0310. The molecule has 2 aromatic rings. The molecule has 7 heteroatoms. The van der Waals surface area contributed by atoms with E-state index in [9.17, 15) is 4.79 Å². The van der Waals surface area contributed by atoms with E-state index < -0.39 is 0 Å². The lowest BCUT2D eigenvalue weighted by molar-refractivity contribution is -0.123. The van der Waals surface area contributed by atoms with Crippen LogP contribution in [0, 0.1) is 12.8 Å². The van der Waals surface area contributed by atoms with E-state index in [1.807, 2.05) is 37.4 Å². The van der Waals surface area contributed by atoms with Gasteiger partial charge in [-0.25, -0.2) is 0 Å². The molecule has 26 heavy (non-hydrogen) atoms. The summed E-state index contributed by atoms with van der Waals surface area (Å²) in [7, 11) is 0. The molecular weight excluding hydrogens is 348 g/mol. The number of carbonyl (C=O) groups excluding carboxylic acids is 1. The van der Waals surface area contributed by atoms with Crippen LogP contribution >= 0.6 is 11.8 Å². The summed E-state index contributed by atoms with van der Waals surface area (Å²) in [6.07, 6.45) is 3.62. The van der Waals surface area contributed by atoms with Crippen molar-refractivity contribution in [3.8, 4) is 5.75 Å². The van der Waals surface area contributed by atoms with Crippen molar-refractivity contribution >= 4 is 17.7 Å². The zero-order valence-corrected chi connectivity index (χ0v) is 16.8. The third-order valence-electron chi connectivity index (χ3n) is 3.81. The number of benzene rings is 1. The standard InChI is InChI=1S/C19H28N4O2S/c1-14(2)12-23-17(21-22-19(23)26-4)6-5-11-20-18(24)13-25-16-9-7-15(3)8-10-16/h7-10,14H,5-6,11-13H2,1-4H3,(H,20,24). The number of thioether (sulfide) groups is 1. The molecule has 0 saturated heterocycles. The lowest BCUT2D eigenvalue weighted by Gasteiger charge is -2.12. The maximum atomic E-state index is 11.9. The van der Waals surface area contributed by atoms with Gasteiger partial charge in [0.25, 0.3) is 5.91 Å². The average molecular weight is 377 g/mol. The van der Waals surface area contributed by atoms with Crippen molar-refractivity contribution in [3.05, 3.63) is 35.7 Å². The van der Waals surface area contributed by atoms with Crippen LogP contribution in [0.25, 0.3) is 0 Å². The Balaban J connectivity index is 1.72. The van der Waals surface area contributed by atoms with Crippen LogP contribution in [0.4, 0.5) is 0 Å². The Morgan fingerprint density at radius 1 is 1.27 bits per heavy atom. The first-order valence-electron chi connectivity index (χ1n) is 8.91. The Kier molecular flexibility index (Phi) is 7.97. The summed E-state index contributed by atoms with van der Waals surface area (Å²) in [5.41, 5.74) is 1.16. The number of aromatic nitrogens is 3. The highest BCUT2D eigenvalue weighted by Gasteiger charge is 2.12. The second-order valence-corrected chi connectivity index (χ2v) is 7.44. The molecule has 1 amide bonds. The number of amides is 1. The molecule has 1 N–H and O–H groups in total. The van der Waals surface area contributed by atoms with E-state index in [4.69, 9.17) is 4.74 Å². The topological polar surface area (TPSA) is 69.0 Å². The largest absolute Gasteiger partial charge is 0.484 e. The van der Waals surface area contributed by atoms with Crippen LogP contribution in [0.2, 0.25) is 0 Å². The van der Waals surface area contributed by atoms with E-state index in [0.29, 0.717) is 18.2 Å². The maximum Gasteiger partial charge on any atom is 0.257 e. The smallest absolute Gasteiger partial charge is 0.257 e. The number of nitrogens with one attached hydrogen (secondary N) is 1. The van der Waals surface area contributed by atoms with Gasteiger partial charge in [0.2, 0.25) is 0 Å². The predicted octanol–water partition coefficient (Wildman–Crippen LogP) is 3.09. The average Bonchev–Trinajstić information content (AvgIpc) is 2.99. The van der Waals surface area contributed by atoms with Crippen molar-refractivity contribution < 1.29 is 9.53 Å². The predicted molar refractivity (Wildman–Crippen MR) is 105 cm³/mol. The summed E-state index contributed by atoms with van der Waals surface area (Å²) in [6, 6.07) is 7.66. The second kappa shape index (κ2) is 10.2. The van der Waals surface area contributed by atoms with Crippen LogP contribution in [0.15, 0.2) is 29.4 Å². The number of carbonyl (C=O) groups is 1. The van der Waals surface area contributed by atoms with E-state index in [1.165, 1.54) is 0 Å². The number of hydrogen-bond donors (Lipinski definition) is 1. The number of hydrogen-bond acceptors (Lipinski definition) is 5. The summed E-state index contributed by atoms with van der Waals surface area (Å²) in [5, 5.41) is 12.4. The first kappa shape index (κ1) is 20.3. The van der Waals surface area contributed by atoms with E-state index in [2.05, 4.69) is 33.9 Å². The van der Waals surface area contributed by atoms with Gasteiger partial charge in [-0.1, -0.05) is 43.3 Å². The monoisotopic (exact) mass is 376 g/mol. The zero-order valence-electron chi connectivity index (χ0n) is 16.0. The normalized spacial score (nSPS) is 11.0. The minimum Gasteiger partial charge on any atom is -0.484 e. The summed E-state index contributed by atoms with van der Waals surface area (Å²) < 4.78 is 7.66. The fourth-order valence-corrected chi connectivity index (χ4v) is 3.03. The molecule has 1 aromatic heterocycles. The first-order chi connectivity index (χ1) is 12.5. The molecule has 0 spiro atoms. The second-order valence-electron chi connectivity index (χ2n) is 6.66. The van der Waals surface area contributed by atoms with Crippen LogP contribution in [0.3, 0.4) is 0 Å². The van der Waals surface area contributed by atoms with E-state index in [1.54, 1.807) is 11.8 Å². The number of aryl methyl sites for hydroxylation is 2. The van der Waals surface area contributed by atoms with Gasteiger partial charge in [0.15, 0.2) is 11.8 Å². The molecule has 0 radical (unpaired) electrons. The van der Waals surface area contributed by atoms with E-state index in [0.717, 1.165) is 35.9 Å². The molecule has 0 saturated carbocycles. The maximum absolute atomic E-state index is 11.9. The fraction of sp³-hybridized carbons (Fsp3) is 0.526. The van der Waals surface area contributed by atoms with Gasteiger partial charge in [-0.15, -0.1) is 10.2 Å². The molecule has 0 aliphatic heterocycles. The Hall–Kier alpha value is -2.02. The van der Waals surface area contributed by atoms with Crippen LogP contribution in [0.1, 0.15) is 31.7 Å². The highest BCUT2D eigenvalue weighted by molar-refractivity contribution is 7.98. The van der Waals surface area contributed by atoms with Crippen molar-refractivity contribution in [3.63, 3.8) is 0 Å². The Morgan fingerprint density at radius 3 is 2.65 bits per heavy atom. The SMILES string of the molecule is CSc1nnc(CCCNC(=O)COc2ccc(C)cc2)n1CC(C)C. The molecule has 1 heterocycles. The van der Waals surface area contributed by atoms with Gasteiger partial charge >= 0.3 is 0 Å². The van der Waals surface area contributed by atoms with Crippen molar-refractivity contribution in [2.45, 2.75) is 45.3 Å². The summed E-state index contributed by atoms with van der Waals surface area (Å²) in [4.78, 5) is 11.9. The minimum atomic E-state index is -0.112. The van der Waals surface area contributed by atoms with Crippen molar-refractivity contribution in [2.24, 2.45) is 5.92 Å². The Bertz CT molecular complexity index is 698. The quantitative estimate of drug-likeness (QED) is 0.510. The molecule has 0 aliphatic carbocycles. The fourth-order valence-electron chi connectivity index (χ4n) is 2.51.